The summed E-state index contributed by atoms with van der Waals surface area (Å²) in [5.41, 5.74) is 3.25. The molecular formula is C17H19Cl2N3OS. The predicted molar refractivity (Wildman–Crippen MR) is 100 cm³/mol. The molecule has 0 aliphatic carbocycles. The molecule has 0 saturated carbocycles. The molecule has 1 aromatic heterocycles. The molecular weight excluding hydrogens is 365 g/mol. The molecule has 0 N–H and O–H groups in total. The number of halogens is 2. The average Bonchev–Trinajstić information content (AvgIpc) is 3.03. The number of aromatic nitrogens is 2. The lowest BCUT2D eigenvalue weighted by atomic mass is 10.1. The van der Waals surface area contributed by atoms with Crippen LogP contribution in [-0.4, -0.2) is 40.4 Å². The van der Waals surface area contributed by atoms with Gasteiger partial charge in [0.05, 0.1) is 28.4 Å². The van der Waals surface area contributed by atoms with Crippen molar-refractivity contribution in [2.24, 2.45) is 0 Å². The van der Waals surface area contributed by atoms with Gasteiger partial charge in [-0.1, -0.05) is 35.3 Å². The van der Waals surface area contributed by atoms with Crippen LogP contribution in [0.4, 0.5) is 0 Å². The molecule has 2 heterocycles. The standard InChI is InChI=1S/C17H19Cl2N3OS/c1-22-8-2-5-13(11-22)16-17(21-24-20-16)23-9-3-4-12-6-7-14(18)15(19)10-12/h5-7,10H,2-4,8-9,11H2,1H3. The van der Waals surface area contributed by atoms with E-state index in [0.29, 0.717) is 22.5 Å². The molecule has 24 heavy (non-hydrogen) atoms. The highest BCUT2D eigenvalue weighted by atomic mass is 35.5. The molecule has 2 aromatic rings. The normalized spacial score (nSPS) is 15.4. The van der Waals surface area contributed by atoms with Gasteiger partial charge >= 0.3 is 0 Å². The first-order valence-electron chi connectivity index (χ1n) is 7.90. The van der Waals surface area contributed by atoms with E-state index in [1.807, 2.05) is 18.2 Å². The first-order valence-corrected chi connectivity index (χ1v) is 9.39. The second-order valence-corrected chi connectivity index (χ2v) is 7.22. The zero-order valence-corrected chi connectivity index (χ0v) is 15.8. The third kappa shape index (κ3) is 4.48. The fraction of sp³-hybridized carbons (Fsp3) is 0.412. The van der Waals surface area contributed by atoms with Crippen molar-refractivity contribution in [1.29, 1.82) is 0 Å². The topological polar surface area (TPSA) is 38.2 Å². The molecule has 0 amide bonds. The summed E-state index contributed by atoms with van der Waals surface area (Å²) >= 11 is 13.2. The Kier molecular flexibility index (Phi) is 6.11. The van der Waals surface area contributed by atoms with E-state index in [4.69, 9.17) is 27.9 Å². The maximum absolute atomic E-state index is 6.04. The van der Waals surface area contributed by atoms with Gasteiger partial charge in [-0.15, -0.1) is 4.37 Å². The molecule has 0 unspecified atom stereocenters. The fourth-order valence-corrected chi connectivity index (χ4v) is 3.53. The molecule has 0 atom stereocenters. The molecule has 1 aromatic carbocycles. The summed E-state index contributed by atoms with van der Waals surface area (Å²) in [7, 11) is 2.12. The van der Waals surface area contributed by atoms with Gasteiger partial charge < -0.3 is 9.64 Å². The summed E-state index contributed by atoms with van der Waals surface area (Å²) in [4.78, 5) is 2.28. The SMILES string of the molecule is CN1CCC=C(c2nsnc2OCCCc2ccc(Cl)c(Cl)c2)C1. The third-order valence-corrected chi connectivity index (χ3v) is 5.19. The van der Waals surface area contributed by atoms with Crippen molar-refractivity contribution in [2.45, 2.75) is 19.3 Å². The lowest BCUT2D eigenvalue weighted by molar-refractivity contribution is 0.300. The van der Waals surface area contributed by atoms with Gasteiger partial charge in [-0.2, -0.15) is 4.37 Å². The van der Waals surface area contributed by atoms with Crippen molar-refractivity contribution in [3.63, 3.8) is 0 Å². The number of benzene rings is 1. The molecule has 3 rings (SSSR count). The van der Waals surface area contributed by atoms with Crippen molar-refractivity contribution in [2.75, 3.05) is 26.7 Å². The van der Waals surface area contributed by atoms with E-state index in [1.54, 1.807) is 0 Å². The fourth-order valence-electron chi connectivity index (χ4n) is 2.68. The number of aryl methyl sites for hydroxylation is 1. The van der Waals surface area contributed by atoms with Crippen LogP contribution < -0.4 is 4.74 Å². The second kappa shape index (κ2) is 8.30. The maximum Gasteiger partial charge on any atom is 0.253 e. The van der Waals surface area contributed by atoms with Crippen LogP contribution >= 0.6 is 34.9 Å². The van der Waals surface area contributed by atoms with E-state index in [0.717, 1.165) is 43.6 Å². The van der Waals surface area contributed by atoms with Crippen molar-refractivity contribution in [1.82, 2.24) is 13.6 Å². The Balaban J connectivity index is 1.53. The zero-order chi connectivity index (χ0) is 16.9. The minimum Gasteiger partial charge on any atom is -0.475 e. The molecule has 0 fully saturated rings. The molecule has 0 saturated heterocycles. The number of hydrogen-bond acceptors (Lipinski definition) is 5. The van der Waals surface area contributed by atoms with E-state index >= 15 is 0 Å². The summed E-state index contributed by atoms with van der Waals surface area (Å²) in [6, 6.07) is 5.73. The van der Waals surface area contributed by atoms with Crippen LogP contribution in [0.25, 0.3) is 5.57 Å². The summed E-state index contributed by atoms with van der Waals surface area (Å²) in [5, 5.41) is 1.18. The second-order valence-electron chi connectivity index (χ2n) is 5.87. The van der Waals surface area contributed by atoms with Gasteiger partial charge in [0.15, 0.2) is 0 Å². The Bertz CT molecular complexity index is 732. The van der Waals surface area contributed by atoms with Gasteiger partial charge in [0.2, 0.25) is 0 Å². The summed E-state index contributed by atoms with van der Waals surface area (Å²) in [5.74, 6) is 0.649. The smallest absolute Gasteiger partial charge is 0.253 e. The largest absolute Gasteiger partial charge is 0.475 e. The number of hydrogen-bond donors (Lipinski definition) is 0. The highest BCUT2D eigenvalue weighted by Gasteiger charge is 2.18. The number of rotatable bonds is 6. The zero-order valence-electron chi connectivity index (χ0n) is 13.5. The molecule has 0 radical (unpaired) electrons. The quantitative estimate of drug-likeness (QED) is 0.684. The van der Waals surface area contributed by atoms with Crippen LogP contribution in [0.2, 0.25) is 10.0 Å². The average molecular weight is 384 g/mol. The third-order valence-electron chi connectivity index (χ3n) is 3.94. The van der Waals surface area contributed by atoms with Crippen LogP contribution in [0.15, 0.2) is 24.3 Å². The Hall–Kier alpha value is -1.14. The van der Waals surface area contributed by atoms with Crippen LogP contribution in [-0.2, 0) is 6.42 Å². The lowest BCUT2D eigenvalue weighted by Gasteiger charge is -2.22. The van der Waals surface area contributed by atoms with E-state index in [-0.39, 0.29) is 0 Å². The molecule has 4 nitrogen and oxygen atoms in total. The van der Waals surface area contributed by atoms with E-state index in [1.165, 1.54) is 17.3 Å². The number of likely N-dealkylation sites (N-methyl/N-ethyl adjacent to an activating group) is 1. The minimum atomic E-state index is 0.584. The summed E-state index contributed by atoms with van der Waals surface area (Å²) in [6.45, 7) is 2.58. The van der Waals surface area contributed by atoms with Crippen LogP contribution in [0, 0.1) is 0 Å². The Morgan fingerprint density at radius 1 is 1.25 bits per heavy atom. The Morgan fingerprint density at radius 2 is 2.12 bits per heavy atom. The van der Waals surface area contributed by atoms with Crippen molar-refractivity contribution < 1.29 is 4.74 Å². The molecule has 1 aliphatic heterocycles. The van der Waals surface area contributed by atoms with Crippen LogP contribution in [0.5, 0.6) is 5.88 Å². The Morgan fingerprint density at radius 3 is 2.92 bits per heavy atom. The first kappa shape index (κ1) is 17.7. The monoisotopic (exact) mass is 383 g/mol. The minimum absolute atomic E-state index is 0.584. The molecule has 1 aliphatic rings. The van der Waals surface area contributed by atoms with E-state index < -0.39 is 0 Å². The molecule has 128 valence electrons. The number of ether oxygens (including phenoxy) is 1. The predicted octanol–water partition coefficient (Wildman–Crippen LogP) is 4.58. The van der Waals surface area contributed by atoms with Gasteiger partial charge in [-0.05, 0) is 49.6 Å². The van der Waals surface area contributed by atoms with Crippen LogP contribution in [0.1, 0.15) is 24.1 Å². The lowest BCUT2D eigenvalue weighted by Crippen LogP contribution is -2.25. The highest BCUT2D eigenvalue weighted by Crippen LogP contribution is 2.27. The van der Waals surface area contributed by atoms with Gasteiger partial charge in [0, 0.05) is 13.1 Å². The summed E-state index contributed by atoms with van der Waals surface area (Å²) in [6.07, 6.45) is 5.04. The van der Waals surface area contributed by atoms with E-state index in [2.05, 4.69) is 26.8 Å². The van der Waals surface area contributed by atoms with Gasteiger partial charge in [0.25, 0.3) is 5.88 Å². The van der Waals surface area contributed by atoms with Crippen molar-refractivity contribution in [3.05, 3.63) is 45.6 Å². The summed E-state index contributed by atoms with van der Waals surface area (Å²) < 4.78 is 14.6. The maximum atomic E-state index is 6.04. The van der Waals surface area contributed by atoms with Crippen molar-refractivity contribution in [3.8, 4) is 5.88 Å². The Labute approximate surface area is 156 Å². The van der Waals surface area contributed by atoms with Gasteiger partial charge in [-0.25, -0.2) is 0 Å². The molecule has 7 heteroatoms. The highest BCUT2D eigenvalue weighted by molar-refractivity contribution is 6.99. The molecule has 0 spiro atoms. The molecule has 0 bridgehead atoms. The number of nitrogens with zero attached hydrogens (tertiary/aromatic N) is 3. The van der Waals surface area contributed by atoms with Crippen LogP contribution in [0.3, 0.4) is 0 Å². The van der Waals surface area contributed by atoms with Crippen molar-refractivity contribution >= 4 is 40.5 Å². The van der Waals surface area contributed by atoms with E-state index in [9.17, 15) is 0 Å². The van der Waals surface area contributed by atoms with Gasteiger partial charge in [0.1, 0.15) is 5.69 Å². The first-order chi connectivity index (χ1) is 11.6. The van der Waals surface area contributed by atoms with Gasteiger partial charge in [-0.3, -0.25) is 0 Å².